The molecule has 0 saturated carbocycles. The Bertz CT molecular complexity index is 619. The van der Waals surface area contributed by atoms with Crippen molar-refractivity contribution < 1.29 is 19.1 Å². The molecule has 0 atom stereocenters. The van der Waals surface area contributed by atoms with E-state index in [1.807, 2.05) is 12.3 Å². The van der Waals surface area contributed by atoms with Crippen LogP contribution >= 0.6 is 0 Å². The van der Waals surface area contributed by atoms with Crippen LogP contribution in [0.4, 0.5) is 0 Å². The molecule has 142 valence electrons. The van der Waals surface area contributed by atoms with E-state index >= 15 is 0 Å². The van der Waals surface area contributed by atoms with Crippen LogP contribution in [0.25, 0.3) is 0 Å². The summed E-state index contributed by atoms with van der Waals surface area (Å²) in [6, 6.07) is 1.86. The van der Waals surface area contributed by atoms with Crippen molar-refractivity contribution >= 4 is 17.7 Å². The second-order valence-electron chi connectivity index (χ2n) is 6.45. The molecule has 9 heteroatoms. The van der Waals surface area contributed by atoms with E-state index in [4.69, 9.17) is 4.74 Å². The molecule has 0 N–H and O–H groups in total. The second-order valence-corrected chi connectivity index (χ2v) is 6.45. The molecule has 3 heterocycles. The van der Waals surface area contributed by atoms with Crippen molar-refractivity contribution in [2.75, 3.05) is 52.5 Å². The molecule has 26 heavy (non-hydrogen) atoms. The Labute approximate surface area is 152 Å². The third kappa shape index (κ3) is 4.60. The van der Waals surface area contributed by atoms with Gasteiger partial charge in [-0.25, -0.2) is 0 Å². The second kappa shape index (κ2) is 8.79. The maximum Gasteiger partial charge on any atom is 0.312 e. The zero-order valence-electron chi connectivity index (χ0n) is 14.9. The van der Waals surface area contributed by atoms with Crippen LogP contribution in [0, 0.1) is 0 Å². The highest BCUT2D eigenvalue weighted by Crippen LogP contribution is 2.08. The highest BCUT2D eigenvalue weighted by molar-refractivity contribution is 6.34. The van der Waals surface area contributed by atoms with E-state index in [1.54, 1.807) is 25.6 Å². The molecule has 0 bridgehead atoms. The Balaban J connectivity index is 1.39. The van der Waals surface area contributed by atoms with Gasteiger partial charge >= 0.3 is 11.8 Å². The van der Waals surface area contributed by atoms with Gasteiger partial charge in [0, 0.05) is 64.6 Å². The predicted molar refractivity (Wildman–Crippen MR) is 92.0 cm³/mol. The summed E-state index contributed by atoms with van der Waals surface area (Å²) >= 11 is 0. The minimum Gasteiger partial charge on any atom is -0.378 e. The van der Waals surface area contributed by atoms with Gasteiger partial charge in [0.1, 0.15) is 0 Å². The Morgan fingerprint density at radius 1 is 0.885 bits per heavy atom. The van der Waals surface area contributed by atoms with Gasteiger partial charge in [0.2, 0.25) is 5.91 Å². The van der Waals surface area contributed by atoms with Gasteiger partial charge in [0.05, 0.1) is 13.2 Å². The first-order valence-corrected chi connectivity index (χ1v) is 9.06. The van der Waals surface area contributed by atoms with Gasteiger partial charge in [-0.1, -0.05) is 0 Å². The molecule has 2 aliphatic rings. The molecule has 0 spiro atoms. The molecule has 2 saturated heterocycles. The summed E-state index contributed by atoms with van der Waals surface area (Å²) in [7, 11) is 0. The van der Waals surface area contributed by atoms with E-state index in [-0.39, 0.29) is 5.91 Å². The number of hydrogen-bond acceptors (Lipinski definition) is 5. The monoisotopic (exact) mass is 363 g/mol. The van der Waals surface area contributed by atoms with E-state index in [0.717, 1.165) is 6.42 Å². The normalized spacial score (nSPS) is 18.1. The Morgan fingerprint density at radius 3 is 2.12 bits per heavy atom. The zero-order valence-corrected chi connectivity index (χ0v) is 14.9. The molecule has 2 aliphatic heterocycles. The van der Waals surface area contributed by atoms with E-state index in [9.17, 15) is 14.4 Å². The van der Waals surface area contributed by atoms with Crippen LogP contribution in [-0.4, -0.2) is 94.7 Å². The number of carbonyl (C=O) groups is 3. The van der Waals surface area contributed by atoms with Gasteiger partial charge in [0.25, 0.3) is 0 Å². The molecule has 0 aliphatic carbocycles. The molecule has 1 aromatic heterocycles. The molecule has 3 amide bonds. The zero-order chi connectivity index (χ0) is 18.4. The number of hydrogen-bond donors (Lipinski definition) is 0. The maximum absolute atomic E-state index is 12.4. The standard InChI is InChI=1S/C17H25N5O4/c23-15(3-1-5-22-6-2-4-18-22)19-7-9-20(10-8-19)16(24)17(25)21-11-13-26-14-12-21/h2,4,6H,1,3,5,7-14H2. The lowest BCUT2D eigenvalue weighted by Gasteiger charge is -2.36. The van der Waals surface area contributed by atoms with Crippen LogP contribution in [0.1, 0.15) is 12.8 Å². The van der Waals surface area contributed by atoms with Gasteiger partial charge in [-0.05, 0) is 12.5 Å². The predicted octanol–water partition coefficient (Wildman–Crippen LogP) is -0.807. The summed E-state index contributed by atoms with van der Waals surface area (Å²) in [5.74, 6) is -0.853. The number of carbonyl (C=O) groups excluding carboxylic acids is 3. The fraction of sp³-hybridized carbons (Fsp3) is 0.647. The van der Waals surface area contributed by atoms with E-state index in [1.165, 1.54) is 0 Å². The lowest BCUT2D eigenvalue weighted by Crippen LogP contribution is -2.55. The summed E-state index contributed by atoms with van der Waals surface area (Å²) in [4.78, 5) is 41.8. The highest BCUT2D eigenvalue weighted by Gasteiger charge is 2.31. The van der Waals surface area contributed by atoms with Crippen LogP contribution in [0.15, 0.2) is 18.5 Å². The van der Waals surface area contributed by atoms with Gasteiger partial charge < -0.3 is 19.4 Å². The third-order valence-electron chi connectivity index (χ3n) is 4.74. The van der Waals surface area contributed by atoms with Crippen molar-refractivity contribution in [3.05, 3.63) is 18.5 Å². The summed E-state index contributed by atoms with van der Waals surface area (Å²) in [6.07, 6.45) is 4.78. The fourth-order valence-corrected chi connectivity index (χ4v) is 3.18. The topological polar surface area (TPSA) is 88.0 Å². The lowest BCUT2D eigenvalue weighted by molar-refractivity contribution is -0.155. The SMILES string of the molecule is O=C(CCCn1cccn1)N1CCN(C(=O)C(=O)N2CCOCC2)CC1. The highest BCUT2D eigenvalue weighted by atomic mass is 16.5. The minimum atomic E-state index is -0.474. The van der Waals surface area contributed by atoms with Crippen molar-refractivity contribution in [2.45, 2.75) is 19.4 Å². The molecular weight excluding hydrogens is 338 g/mol. The molecule has 3 rings (SSSR count). The molecule has 9 nitrogen and oxygen atoms in total. The van der Waals surface area contributed by atoms with Crippen LogP contribution in [0.3, 0.4) is 0 Å². The molecular formula is C17H25N5O4. The summed E-state index contributed by atoms with van der Waals surface area (Å²) in [5, 5.41) is 4.11. The molecule has 0 unspecified atom stereocenters. The average Bonchev–Trinajstić information content (AvgIpc) is 3.21. The van der Waals surface area contributed by atoms with E-state index in [0.29, 0.717) is 65.4 Å². The number of piperazine rings is 1. The van der Waals surface area contributed by atoms with Crippen molar-refractivity contribution in [1.82, 2.24) is 24.5 Å². The Morgan fingerprint density at radius 2 is 1.50 bits per heavy atom. The van der Waals surface area contributed by atoms with Gasteiger partial charge in [-0.3, -0.25) is 19.1 Å². The summed E-state index contributed by atoms with van der Waals surface area (Å²) < 4.78 is 7.01. The van der Waals surface area contributed by atoms with Gasteiger partial charge in [-0.2, -0.15) is 5.10 Å². The number of aromatic nitrogens is 2. The van der Waals surface area contributed by atoms with Gasteiger partial charge in [-0.15, -0.1) is 0 Å². The molecule has 0 aromatic carbocycles. The van der Waals surface area contributed by atoms with Crippen molar-refractivity contribution in [1.29, 1.82) is 0 Å². The first-order valence-electron chi connectivity index (χ1n) is 9.06. The van der Waals surface area contributed by atoms with Crippen molar-refractivity contribution in [3.8, 4) is 0 Å². The van der Waals surface area contributed by atoms with Crippen LogP contribution in [-0.2, 0) is 25.7 Å². The smallest absolute Gasteiger partial charge is 0.312 e. The quantitative estimate of drug-likeness (QED) is 0.653. The molecule has 2 fully saturated rings. The van der Waals surface area contributed by atoms with Crippen LogP contribution < -0.4 is 0 Å². The van der Waals surface area contributed by atoms with Crippen LogP contribution in [0.2, 0.25) is 0 Å². The minimum absolute atomic E-state index is 0.0868. The van der Waals surface area contributed by atoms with Gasteiger partial charge in [0.15, 0.2) is 0 Å². The van der Waals surface area contributed by atoms with Crippen molar-refractivity contribution in [2.24, 2.45) is 0 Å². The summed E-state index contributed by atoms with van der Waals surface area (Å²) in [5.41, 5.74) is 0. The Kier molecular flexibility index (Phi) is 6.21. The number of ether oxygens (including phenoxy) is 1. The molecule has 1 aromatic rings. The number of nitrogens with zero attached hydrogens (tertiary/aromatic N) is 5. The average molecular weight is 363 g/mol. The van der Waals surface area contributed by atoms with E-state index in [2.05, 4.69) is 5.10 Å². The molecule has 0 radical (unpaired) electrons. The van der Waals surface area contributed by atoms with Crippen molar-refractivity contribution in [3.63, 3.8) is 0 Å². The van der Waals surface area contributed by atoms with E-state index < -0.39 is 11.8 Å². The maximum atomic E-state index is 12.4. The number of morpholine rings is 1. The number of aryl methyl sites for hydroxylation is 1. The van der Waals surface area contributed by atoms with Crippen LogP contribution in [0.5, 0.6) is 0 Å². The lowest BCUT2D eigenvalue weighted by atomic mass is 10.2. The Hall–Kier alpha value is -2.42. The first-order chi connectivity index (χ1) is 12.6. The number of amides is 3. The summed E-state index contributed by atoms with van der Waals surface area (Å²) in [6.45, 7) is 4.33. The number of rotatable bonds is 4. The largest absolute Gasteiger partial charge is 0.378 e. The third-order valence-corrected chi connectivity index (χ3v) is 4.74. The fourth-order valence-electron chi connectivity index (χ4n) is 3.18. The first kappa shape index (κ1) is 18.4.